The highest BCUT2D eigenvalue weighted by Crippen LogP contribution is 2.29. The maximum Gasteiger partial charge on any atom is 0.400 e. The van der Waals surface area contributed by atoms with Gasteiger partial charge in [0.2, 0.25) is 0 Å². The number of halogens is 4. The first-order valence-electron chi connectivity index (χ1n) is 8.15. The number of amides is 2. The minimum Gasteiger partial charge on any atom is -0.366 e. The minimum atomic E-state index is -4.57. The van der Waals surface area contributed by atoms with Gasteiger partial charge in [0.25, 0.3) is 0 Å². The van der Waals surface area contributed by atoms with Crippen LogP contribution in [-0.4, -0.2) is 59.8 Å². The van der Waals surface area contributed by atoms with Crippen LogP contribution in [0.1, 0.15) is 12.5 Å². The van der Waals surface area contributed by atoms with Crippen molar-refractivity contribution in [2.45, 2.75) is 24.9 Å². The highest BCUT2D eigenvalue weighted by Gasteiger charge is 2.32. The number of piperazine rings is 1. The summed E-state index contributed by atoms with van der Waals surface area (Å²) in [6.07, 6.45) is -4.57. The summed E-state index contributed by atoms with van der Waals surface area (Å²) in [5.41, 5.74) is 0.325. The molecule has 1 atom stereocenters. The van der Waals surface area contributed by atoms with Crippen molar-refractivity contribution in [3.8, 4) is 0 Å². The van der Waals surface area contributed by atoms with Crippen molar-refractivity contribution in [1.29, 1.82) is 0 Å². The Morgan fingerprint density at radius 2 is 1.85 bits per heavy atom. The van der Waals surface area contributed by atoms with Gasteiger partial charge in [0.15, 0.2) is 0 Å². The molecule has 1 aromatic carbocycles. The fraction of sp³-hybridized carbons (Fsp3) is 0.562. The van der Waals surface area contributed by atoms with Gasteiger partial charge in [0.05, 0.1) is 16.5 Å². The molecule has 1 N–H and O–H groups in total. The topological polar surface area (TPSA) is 52.7 Å². The monoisotopic (exact) mass is 395 g/mol. The molecule has 2 rings (SSSR count). The van der Waals surface area contributed by atoms with Crippen LogP contribution >= 0.6 is 0 Å². The zero-order chi connectivity index (χ0) is 19.5. The van der Waals surface area contributed by atoms with E-state index in [1.807, 2.05) is 0 Å². The van der Waals surface area contributed by atoms with Crippen LogP contribution in [0.3, 0.4) is 0 Å². The lowest BCUT2D eigenvalue weighted by Gasteiger charge is -2.36. The fourth-order valence-corrected chi connectivity index (χ4v) is 3.88. The van der Waals surface area contributed by atoms with Crippen LogP contribution < -0.4 is 10.2 Å². The van der Waals surface area contributed by atoms with E-state index in [1.165, 1.54) is 13.0 Å². The molecule has 0 aliphatic carbocycles. The third kappa shape index (κ3) is 5.09. The van der Waals surface area contributed by atoms with Gasteiger partial charge in [-0.05, 0) is 31.5 Å². The molecule has 5 nitrogen and oxygen atoms in total. The number of alkyl halides is 3. The van der Waals surface area contributed by atoms with Gasteiger partial charge < -0.3 is 15.1 Å². The van der Waals surface area contributed by atoms with Crippen LogP contribution in [0.25, 0.3) is 0 Å². The van der Waals surface area contributed by atoms with Gasteiger partial charge in [-0.1, -0.05) is 0 Å². The third-order valence-electron chi connectivity index (χ3n) is 4.02. The standard InChI is InChI=1S/C16H21F4N3O2S/c1-3-21-15(24)23-6-4-22(5-7-23)13-9-14(11(2)8-12(13)17)26(25)10-16(18,19)20/h8-9H,3-7,10H2,1-2H3,(H,21,24). The predicted octanol–water partition coefficient (Wildman–Crippen LogP) is 2.66. The summed E-state index contributed by atoms with van der Waals surface area (Å²) in [7, 11) is -2.30. The van der Waals surface area contributed by atoms with Crippen molar-refractivity contribution in [3.05, 3.63) is 23.5 Å². The Balaban J connectivity index is 2.16. The maximum absolute atomic E-state index is 14.3. The van der Waals surface area contributed by atoms with Crippen molar-refractivity contribution in [1.82, 2.24) is 10.2 Å². The number of carbonyl (C=O) groups excluding carboxylic acids is 1. The van der Waals surface area contributed by atoms with Gasteiger partial charge in [-0.15, -0.1) is 0 Å². The van der Waals surface area contributed by atoms with Gasteiger partial charge in [0.1, 0.15) is 11.6 Å². The molecule has 1 fully saturated rings. The van der Waals surface area contributed by atoms with E-state index < -0.39 is 28.5 Å². The van der Waals surface area contributed by atoms with Crippen LogP contribution in [0.4, 0.5) is 28.0 Å². The molecule has 26 heavy (non-hydrogen) atoms. The molecule has 1 saturated heterocycles. The SMILES string of the molecule is CCNC(=O)N1CCN(c2cc(S(=O)CC(F)(F)F)c(C)cc2F)CC1. The molecule has 0 saturated carbocycles. The summed E-state index contributed by atoms with van der Waals surface area (Å²) >= 11 is 0. The lowest BCUT2D eigenvalue weighted by atomic mass is 10.2. The number of hydrogen-bond donors (Lipinski definition) is 1. The number of aryl methyl sites for hydroxylation is 1. The van der Waals surface area contributed by atoms with Crippen LogP contribution in [0.5, 0.6) is 0 Å². The highest BCUT2D eigenvalue weighted by atomic mass is 32.2. The number of urea groups is 1. The molecular formula is C16H21F4N3O2S. The Bertz CT molecular complexity index is 689. The first-order valence-corrected chi connectivity index (χ1v) is 9.47. The van der Waals surface area contributed by atoms with Crippen molar-refractivity contribution in [3.63, 3.8) is 0 Å². The average molecular weight is 395 g/mol. The second-order valence-electron chi connectivity index (χ2n) is 5.98. The number of rotatable bonds is 4. The van der Waals surface area contributed by atoms with Crippen molar-refractivity contribution >= 4 is 22.5 Å². The number of carbonyl (C=O) groups is 1. The summed E-state index contributed by atoms with van der Waals surface area (Å²) in [5, 5.41) is 2.68. The quantitative estimate of drug-likeness (QED) is 0.798. The van der Waals surface area contributed by atoms with Crippen molar-refractivity contribution < 1.29 is 26.6 Å². The molecule has 1 heterocycles. The molecular weight excluding hydrogens is 374 g/mol. The number of anilines is 1. The molecule has 0 aromatic heterocycles. The smallest absolute Gasteiger partial charge is 0.366 e. The second-order valence-corrected chi connectivity index (χ2v) is 7.40. The molecule has 1 aromatic rings. The minimum absolute atomic E-state index is 0.0233. The number of nitrogens with one attached hydrogen (secondary N) is 1. The summed E-state index contributed by atoms with van der Waals surface area (Å²) in [6, 6.07) is 2.13. The van der Waals surface area contributed by atoms with Crippen molar-refractivity contribution in [2.24, 2.45) is 0 Å². The van der Waals surface area contributed by atoms with Gasteiger partial charge in [-0.3, -0.25) is 4.21 Å². The van der Waals surface area contributed by atoms with E-state index >= 15 is 0 Å². The molecule has 146 valence electrons. The van der Waals surface area contributed by atoms with Gasteiger partial charge in [-0.2, -0.15) is 13.2 Å². The van der Waals surface area contributed by atoms with Crippen LogP contribution in [0.15, 0.2) is 17.0 Å². The van der Waals surface area contributed by atoms with E-state index in [1.54, 1.807) is 16.7 Å². The lowest BCUT2D eigenvalue weighted by Crippen LogP contribution is -2.52. The van der Waals surface area contributed by atoms with E-state index in [4.69, 9.17) is 0 Å². The summed E-state index contributed by atoms with van der Waals surface area (Å²) in [6.45, 7) is 5.13. The average Bonchev–Trinajstić information content (AvgIpc) is 2.53. The Kier molecular flexibility index (Phi) is 6.48. The lowest BCUT2D eigenvalue weighted by molar-refractivity contribution is -0.105. The van der Waals surface area contributed by atoms with Gasteiger partial charge in [0, 0.05) is 37.6 Å². The second kappa shape index (κ2) is 8.24. The first-order chi connectivity index (χ1) is 12.1. The summed E-state index contributed by atoms with van der Waals surface area (Å²) < 4.78 is 63.9. The number of nitrogens with zero attached hydrogens (tertiary/aromatic N) is 2. The van der Waals surface area contributed by atoms with E-state index in [0.29, 0.717) is 32.7 Å². The Hall–Kier alpha value is -1.84. The normalized spacial score (nSPS) is 16.5. The molecule has 1 aliphatic rings. The summed E-state index contributed by atoms with van der Waals surface area (Å²) in [4.78, 5) is 15.0. The number of hydrogen-bond acceptors (Lipinski definition) is 3. The largest absolute Gasteiger partial charge is 0.400 e. The molecule has 10 heteroatoms. The van der Waals surface area contributed by atoms with E-state index in [0.717, 1.165) is 6.07 Å². The maximum atomic E-state index is 14.3. The molecule has 0 radical (unpaired) electrons. The van der Waals surface area contributed by atoms with E-state index in [2.05, 4.69) is 5.32 Å². The Morgan fingerprint density at radius 1 is 1.23 bits per heavy atom. The Labute approximate surface area is 151 Å². The Morgan fingerprint density at radius 3 is 2.38 bits per heavy atom. The third-order valence-corrected chi connectivity index (χ3v) is 5.54. The molecule has 1 aliphatic heterocycles. The van der Waals surface area contributed by atoms with Crippen LogP contribution in [0, 0.1) is 12.7 Å². The predicted molar refractivity (Wildman–Crippen MR) is 91.3 cm³/mol. The zero-order valence-corrected chi connectivity index (χ0v) is 15.3. The fourth-order valence-electron chi connectivity index (χ4n) is 2.77. The first kappa shape index (κ1) is 20.5. The molecule has 0 spiro atoms. The van der Waals surface area contributed by atoms with E-state index in [-0.39, 0.29) is 22.2 Å². The van der Waals surface area contributed by atoms with Gasteiger partial charge in [-0.25, -0.2) is 9.18 Å². The van der Waals surface area contributed by atoms with Crippen LogP contribution in [-0.2, 0) is 10.8 Å². The van der Waals surface area contributed by atoms with Crippen molar-refractivity contribution in [2.75, 3.05) is 43.4 Å². The molecule has 1 unspecified atom stereocenters. The zero-order valence-electron chi connectivity index (χ0n) is 14.5. The molecule has 2 amide bonds. The number of benzene rings is 1. The molecule has 0 bridgehead atoms. The summed E-state index contributed by atoms with van der Waals surface area (Å²) in [5.74, 6) is -2.05. The van der Waals surface area contributed by atoms with Crippen LogP contribution in [0.2, 0.25) is 0 Å². The highest BCUT2D eigenvalue weighted by molar-refractivity contribution is 7.85. The van der Waals surface area contributed by atoms with Gasteiger partial charge >= 0.3 is 12.2 Å². The van der Waals surface area contributed by atoms with E-state index in [9.17, 15) is 26.6 Å².